The summed E-state index contributed by atoms with van der Waals surface area (Å²) in [4.78, 5) is 4.27. The molecule has 0 fully saturated rings. The van der Waals surface area contributed by atoms with Crippen molar-refractivity contribution in [2.45, 2.75) is 52.2 Å². The molecule has 1 rings (SSSR count). The van der Waals surface area contributed by atoms with Gasteiger partial charge in [0, 0.05) is 26.2 Å². The number of nitrogens with one attached hydrogen (secondary N) is 2. The van der Waals surface area contributed by atoms with Crippen LogP contribution in [-0.4, -0.2) is 38.3 Å². The van der Waals surface area contributed by atoms with Gasteiger partial charge in [-0.25, -0.2) is 0 Å². The first-order valence-corrected chi connectivity index (χ1v) is 7.41. The quantitative estimate of drug-likeness (QED) is 0.302. The summed E-state index contributed by atoms with van der Waals surface area (Å²) < 4.78 is 5.74. The zero-order valence-corrected chi connectivity index (χ0v) is 15.5. The molecule has 0 amide bonds. The maximum atomic E-state index is 5.74. The van der Waals surface area contributed by atoms with Crippen LogP contribution in [0.4, 0.5) is 0 Å². The van der Waals surface area contributed by atoms with E-state index in [9.17, 15) is 0 Å². The predicted octanol–water partition coefficient (Wildman–Crippen LogP) is 2.94. The Bertz CT molecular complexity index is 297. The Morgan fingerprint density at radius 3 is 2.50 bits per heavy atom. The second-order valence-electron chi connectivity index (χ2n) is 5.31. The summed E-state index contributed by atoms with van der Waals surface area (Å²) in [7, 11) is 1.82. The Hall–Kier alpha value is -0.300. The molecule has 1 unspecified atom stereocenters. The molecule has 5 heteroatoms. The van der Waals surface area contributed by atoms with Gasteiger partial charge in [-0.3, -0.25) is 4.99 Å². The van der Waals surface area contributed by atoms with Gasteiger partial charge < -0.3 is 15.4 Å². The lowest BCUT2D eigenvalue weighted by Crippen LogP contribution is -2.43. The predicted molar refractivity (Wildman–Crippen MR) is 96.9 cm³/mol. The molecule has 0 aromatic heterocycles. The van der Waals surface area contributed by atoms with Crippen LogP contribution in [-0.2, 0) is 4.74 Å². The van der Waals surface area contributed by atoms with Crippen molar-refractivity contribution in [1.29, 1.82) is 0 Å². The molecule has 4 nitrogen and oxygen atoms in total. The molecule has 0 aromatic carbocycles. The van der Waals surface area contributed by atoms with E-state index in [1.807, 2.05) is 7.05 Å². The number of halogens is 1. The molecular weight excluding hydrogens is 365 g/mol. The van der Waals surface area contributed by atoms with Crippen molar-refractivity contribution >= 4 is 29.9 Å². The van der Waals surface area contributed by atoms with Crippen molar-refractivity contribution in [3.8, 4) is 0 Å². The van der Waals surface area contributed by atoms with Crippen LogP contribution < -0.4 is 10.6 Å². The van der Waals surface area contributed by atoms with Crippen molar-refractivity contribution in [3.63, 3.8) is 0 Å². The van der Waals surface area contributed by atoms with Gasteiger partial charge >= 0.3 is 0 Å². The summed E-state index contributed by atoms with van der Waals surface area (Å²) in [5, 5.41) is 6.81. The number of hydrogen-bond acceptors (Lipinski definition) is 2. The van der Waals surface area contributed by atoms with E-state index in [0.29, 0.717) is 18.1 Å². The Labute approximate surface area is 140 Å². The SMILES string of the molecule is CCOC(CCNC(=NC)NC1CC=CC1)C(C)C.I. The highest BCUT2D eigenvalue weighted by atomic mass is 127. The minimum absolute atomic E-state index is 0. The lowest BCUT2D eigenvalue weighted by molar-refractivity contribution is 0.0258. The Morgan fingerprint density at radius 2 is 2.00 bits per heavy atom. The van der Waals surface area contributed by atoms with Crippen LogP contribution in [0.2, 0.25) is 0 Å². The first-order chi connectivity index (χ1) is 9.17. The van der Waals surface area contributed by atoms with Gasteiger partial charge in [0.25, 0.3) is 0 Å². The zero-order valence-electron chi connectivity index (χ0n) is 13.2. The first kappa shape index (κ1) is 19.7. The third-order valence-corrected chi connectivity index (χ3v) is 3.42. The van der Waals surface area contributed by atoms with E-state index in [4.69, 9.17) is 4.74 Å². The highest BCUT2D eigenvalue weighted by Gasteiger charge is 2.14. The van der Waals surface area contributed by atoms with Crippen molar-refractivity contribution < 1.29 is 4.74 Å². The highest BCUT2D eigenvalue weighted by molar-refractivity contribution is 14.0. The first-order valence-electron chi connectivity index (χ1n) is 7.41. The van der Waals surface area contributed by atoms with Gasteiger partial charge in [-0.1, -0.05) is 26.0 Å². The average molecular weight is 395 g/mol. The molecule has 0 heterocycles. The van der Waals surface area contributed by atoms with Crippen LogP contribution >= 0.6 is 24.0 Å². The maximum Gasteiger partial charge on any atom is 0.191 e. The molecule has 0 aromatic rings. The standard InChI is InChI=1S/C15H29N3O.HI/c1-5-19-14(12(2)3)10-11-17-15(16-4)18-13-8-6-7-9-13;/h6-7,12-14H,5,8-11H2,1-4H3,(H2,16,17,18);1H. The minimum atomic E-state index is 0. The molecule has 0 bridgehead atoms. The Kier molecular flexibility index (Phi) is 11.2. The summed E-state index contributed by atoms with van der Waals surface area (Å²) >= 11 is 0. The van der Waals surface area contributed by atoms with E-state index < -0.39 is 0 Å². The maximum absolute atomic E-state index is 5.74. The largest absolute Gasteiger partial charge is 0.378 e. The molecule has 0 spiro atoms. The third-order valence-electron chi connectivity index (χ3n) is 3.42. The second kappa shape index (κ2) is 11.4. The van der Waals surface area contributed by atoms with Crippen LogP contribution in [0.15, 0.2) is 17.1 Å². The van der Waals surface area contributed by atoms with Crippen molar-refractivity contribution in [2.75, 3.05) is 20.2 Å². The summed E-state index contributed by atoms with van der Waals surface area (Å²) in [6.45, 7) is 8.14. The fourth-order valence-electron chi connectivity index (χ4n) is 2.28. The fourth-order valence-corrected chi connectivity index (χ4v) is 2.28. The Balaban J connectivity index is 0.00000361. The lowest BCUT2D eigenvalue weighted by atomic mass is 10.0. The average Bonchev–Trinajstić information content (AvgIpc) is 2.89. The van der Waals surface area contributed by atoms with Gasteiger partial charge in [-0.15, -0.1) is 24.0 Å². The molecule has 118 valence electrons. The normalized spacial score (nSPS) is 17.1. The molecule has 1 atom stereocenters. The number of nitrogens with zero attached hydrogens (tertiary/aromatic N) is 1. The fraction of sp³-hybridized carbons (Fsp3) is 0.800. The van der Waals surface area contributed by atoms with Crippen LogP contribution in [0.1, 0.15) is 40.0 Å². The van der Waals surface area contributed by atoms with Gasteiger partial charge in [0.15, 0.2) is 5.96 Å². The molecule has 2 N–H and O–H groups in total. The number of rotatable bonds is 7. The van der Waals surface area contributed by atoms with Gasteiger partial charge in [-0.05, 0) is 32.1 Å². The summed E-state index contributed by atoms with van der Waals surface area (Å²) in [6, 6.07) is 0.499. The number of hydrogen-bond donors (Lipinski definition) is 2. The topological polar surface area (TPSA) is 45.6 Å². The Morgan fingerprint density at radius 1 is 1.35 bits per heavy atom. The zero-order chi connectivity index (χ0) is 14.1. The van der Waals surface area contributed by atoms with Gasteiger partial charge in [0.2, 0.25) is 0 Å². The smallest absolute Gasteiger partial charge is 0.191 e. The summed E-state index contributed by atoms with van der Waals surface area (Å²) in [6.07, 6.45) is 7.95. The molecule has 1 aliphatic carbocycles. The van der Waals surface area contributed by atoms with Gasteiger partial charge in [0.1, 0.15) is 0 Å². The van der Waals surface area contributed by atoms with E-state index in [2.05, 4.69) is 48.5 Å². The monoisotopic (exact) mass is 395 g/mol. The molecule has 0 saturated heterocycles. The number of ether oxygens (including phenoxy) is 1. The van der Waals surface area contributed by atoms with E-state index in [1.165, 1.54) is 0 Å². The van der Waals surface area contributed by atoms with Crippen LogP contribution in [0.25, 0.3) is 0 Å². The van der Waals surface area contributed by atoms with Crippen molar-refractivity contribution in [2.24, 2.45) is 10.9 Å². The van der Waals surface area contributed by atoms with Crippen LogP contribution in [0.3, 0.4) is 0 Å². The van der Waals surface area contributed by atoms with E-state index in [-0.39, 0.29) is 24.0 Å². The molecule has 0 aliphatic heterocycles. The van der Waals surface area contributed by atoms with E-state index in [1.54, 1.807) is 0 Å². The molecule has 20 heavy (non-hydrogen) atoms. The van der Waals surface area contributed by atoms with E-state index >= 15 is 0 Å². The third kappa shape index (κ3) is 7.47. The highest BCUT2D eigenvalue weighted by Crippen LogP contribution is 2.10. The molecule has 0 saturated carbocycles. The number of guanidine groups is 1. The summed E-state index contributed by atoms with van der Waals surface area (Å²) in [5.74, 6) is 1.45. The minimum Gasteiger partial charge on any atom is -0.378 e. The van der Waals surface area contributed by atoms with Crippen LogP contribution in [0.5, 0.6) is 0 Å². The van der Waals surface area contributed by atoms with E-state index in [0.717, 1.165) is 38.4 Å². The lowest BCUT2D eigenvalue weighted by Gasteiger charge is -2.22. The van der Waals surface area contributed by atoms with Crippen molar-refractivity contribution in [3.05, 3.63) is 12.2 Å². The molecular formula is C15H30IN3O. The molecule has 1 aliphatic rings. The van der Waals surface area contributed by atoms with Crippen molar-refractivity contribution in [1.82, 2.24) is 10.6 Å². The van der Waals surface area contributed by atoms with Crippen LogP contribution in [0, 0.1) is 5.92 Å². The molecule has 0 radical (unpaired) electrons. The second-order valence-corrected chi connectivity index (χ2v) is 5.31. The van der Waals surface area contributed by atoms with Gasteiger partial charge in [-0.2, -0.15) is 0 Å². The number of aliphatic imine (C=N–C) groups is 1. The van der Waals surface area contributed by atoms with Gasteiger partial charge in [0.05, 0.1) is 6.10 Å². The summed E-state index contributed by atoms with van der Waals surface area (Å²) in [5.41, 5.74) is 0.